The molecule has 0 heterocycles. The van der Waals surface area contributed by atoms with E-state index in [1.165, 1.54) is 12.1 Å². The Morgan fingerprint density at radius 1 is 1.39 bits per heavy atom. The fourth-order valence-corrected chi connectivity index (χ4v) is 2.20. The summed E-state index contributed by atoms with van der Waals surface area (Å²) in [5, 5.41) is 0. The van der Waals surface area contributed by atoms with Crippen LogP contribution in [0.4, 0.5) is 13.2 Å². The smallest absolute Gasteiger partial charge is 0.329 e. The Hall–Kier alpha value is -1.07. The highest BCUT2D eigenvalue weighted by Gasteiger charge is 2.34. The molecule has 100 valence electrons. The average Bonchev–Trinajstić information content (AvgIpc) is 3.13. The number of likely N-dealkylation sites (N-methyl/N-ethyl adjacent to an activating group) is 1. The number of halogens is 3. The topological polar surface area (TPSA) is 29.3 Å². The second kappa shape index (κ2) is 4.90. The first-order valence-corrected chi connectivity index (χ1v) is 6.02. The lowest BCUT2D eigenvalue weighted by molar-refractivity contribution is -0.137. The van der Waals surface area contributed by atoms with E-state index in [0.717, 1.165) is 18.9 Å². The summed E-state index contributed by atoms with van der Waals surface area (Å²) in [5.74, 6) is 0. The van der Waals surface area contributed by atoms with Gasteiger partial charge >= 0.3 is 6.18 Å². The van der Waals surface area contributed by atoms with Gasteiger partial charge in [0, 0.05) is 18.6 Å². The van der Waals surface area contributed by atoms with E-state index in [4.69, 9.17) is 5.73 Å². The first-order valence-electron chi connectivity index (χ1n) is 6.02. The maximum atomic E-state index is 12.7. The van der Waals surface area contributed by atoms with Crippen LogP contribution in [0.25, 0.3) is 0 Å². The summed E-state index contributed by atoms with van der Waals surface area (Å²) in [6.07, 6.45) is -2.09. The van der Waals surface area contributed by atoms with Crippen molar-refractivity contribution in [2.24, 2.45) is 5.73 Å². The molecule has 0 bridgehead atoms. The zero-order valence-electron chi connectivity index (χ0n) is 10.2. The molecular formula is C13H17F3N2. The van der Waals surface area contributed by atoms with Crippen LogP contribution in [-0.4, -0.2) is 24.5 Å². The number of nitrogens with zero attached hydrogens (tertiary/aromatic N) is 1. The van der Waals surface area contributed by atoms with Gasteiger partial charge in [-0.3, -0.25) is 4.90 Å². The van der Waals surface area contributed by atoms with Crippen molar-refractivity contribution < 1.29 is 13.2 Å². The molecule has 0 spiro atoms. The van der Waals surface area contributed by atoms with Crippen LogP contribution in [0.2, 0.25) is 0 Å². The number of nitrogens with two attached hydrogens (primary N) is 1. The Morgan fingerprint density at radius 3 is 2.56 bits per heavy atom. The highest BCUT2D eigenvalue weighted by molar-refractivity contribution is 5.28. The van der Waals surface area contributed by atoms with Gasteiger partial charge in [0.25, 0.3) is 0 Å². The minimum Gasteiger partial charge on any atom is -0.329 e. The van der Waals surface area contributed by atoms with Crippen molar-refractivity contribution in [1.82, 2.24) is 4.90 Å². The van der Waals surface area contributed by atoms with Crippen molar-refractivity contribution in [1.29, 1.82) is 0 Å². The molecular weight excluding hydrogens is 241 g/mol. The zero-order valence-corrected chi connectivity index (χ0v) is 10.2. The number of rotatable bonds is 4. The van der Waals surface area contributed by atoms with Gasteiger partial charge in [0.2, 0.25) is 0 Å². The standard InChI is InChI=1S/C13H17F3N2/c1-18(11-5-6-11)12(8-17)9-3-2-4-10(7-9)13(14,15)16/h2-4,7,11-12H,5-6,8,17H2,1H3. The van der Waals surface area contributed by atoms with Crippen molar-refractivity contribution in [3.8, 4) is 0 Å². The fourth-order valence-electron chi connectivity index (χ4n) is 2.20. The molecule has 1 saturated carbocycles. The van der Waals surface area contributed by atoms with Crippen LogP contribution in [-0.2, 0) is 6.18 Å². The van der Waals surface area contributed by atoms with Gasteiger partial charge in [-0.2, -0.15) is 13.2 Å². The van der Waals surface area contributed by atoms with E-state index in [2.05, 4.69) is 4.90 Å². The molecule has 0 aromatic heterocycles. The van der Waals surface area contributed by atoms with Gasteiger partial charge in [0.15, 0.2) is 0 Å². The number of benzene rings is 1. The third kappa shape index (κ3) is 2.84. The summed E-state index contributed by atoms with van der Waals surface area (Å²) in [4.78, 5) is 2.08. The Bertz CT molecular complexity index is 413. The largest absolute Gasteiger partial charge is 0.416 e. The highest BCUT2D eigenvalue weighted by atomic mass is 19.4. The Kier molecular flexibility index (Phi) is 3.64. The molecule has 2 N–H and O–H groups in total. The molecule has 1 aliphatic rings. The van der Waals surface area contributed by atoms with E-state index in [1.54, 1.807) is 6.07 Å². The van der Waals surface area contributed by atoms with Crippen molar-refractivity contribution in [3.63, 3.8) is 0 Å². The van der Waals surface area contributed by atoms with E-state index < -0.39 is 11.7 Å². The number of hydrogen-bond donors (Lipinski definition) is 1. The van der Waals surface area contributed by atoms with Gasteiger partial charge in [0.1, 0.15) is 0 Å². The van der Waals surface area contributed by atoms with Crippen LogP contribution in [0.15, 0.2) is 24.3 Å². The first kappa shape index (κ1) is 13.4. The number of alkyl halides is 3. The van der Waals surface area contributed by atoms with E-state index in [0.29, 0.717) is 18.2 Å². The van der Waals surface area contributed by atoms with Gasteiger partial charge in [0.05, 0.1) is 5.56 Å². The van der Waals surface area contributed by atoms with Crippen molar-refractivity contribution in [2.75, 3.05) is 13.6 Å². The molecule has 1 aliphatic carbocycles. The second-order valence-electron chi connectivity index (χ2n) is 4.77. The maximum absolute atomic E-state index is 12.7. The van der Waals surface area contributed by atoms with E-state index >= 15 is 0 Å². The van der Waals surface area contributed by atoms with E-state index in [9.17, 15) is 13.2 Å². The van der Waals surface area contributed by atoms with Gasteiger partial charge in [-0.15, -0.1) is 0 Å². The first-order chi connectivity index (χ1) is 8.43. The normalized spacial score (nSPS) is 18.1. The van der Waals surface area contributed by atoms with Crippen LogP contribution in [0.1, 0.15) is 30.0 Å². The SMILES string of the molecule is CN(C1CC1)C(CN)c1cccc(C(F)(F)F)c1. The minimum atomic E-state index is -4.30. The third-order valence-corrected chi connectivity index (χ3v) is 3.44. The number of hydrogen-bond acceptors (Lipinski definition) is 2. The van der Waals surface area contributed by atoms with Gasteiger partial charge in [-0.05, 0) is 37.6 Å². The molecule has 0 amide bonds. The molecule has 2 nitrogen and oxygen atoms in total. The summed E-state index contributed by atoms with van der Waals surface area (Å²) < 4.78 is 38.0. The maximum Gasteiger partial charge on any atom is 0.416 e. The predicted octanol–water partition coefficient (Wildman–Crippen LogP) is 2.80. The lowest BCUT2D eigenvalue weighted by Crippen LogP contribution is -2.32. The quantitative estimate of drug-likeness (QED) is 0.899. The zero-order chi connectivity index (χ0) is 13.3. The van der Waals surface area contributed by atoms with Crippen LogP contribution in [0, 0.1) is 0 Å². The van der Waals surface area contributed by atoms with Crippen LogP contribution in [0.3, 0.4) is 0 Å². The van der Waals surface area contributed by atoms with Crippen LogP contribution >= 0.6 is 0 Å². The Labute approximate surface area is 105 Å². The second-order valence-corrected chi connectivity index (χ2v) is 4.77. The fraction of sp³-hybridized carbons (Fsp3) is 0.538. The highest BCUT2D eigenvalue weighted by Crippen LogP contribution is 2.35. The van der Waals surface area contributed by atoms with Crippen molar-refractivity contribution >= 4 is 0 Å². The van der Waals surface area contributed by atoms with Crippen LogP contribution in [0.5, 0.6) is 0 Å². The molecule has 1 aromatic carbocycles. The molecule has 0 aliphatic heterocycles. The summed E-state index contributed by atoms with van der Waals surface area (Å²) in [6.45, 7) is 0.328. The molecule has 1 fully saturated rings. The Balaban J connectivity index is 2.25. The van der Waals surface area contributed by atoms with Crippen LogP contribution < -0.4 is 5.73 Å². The summed E-state index contributed by atoms with van der Waals surface area (Å²) in [7, 11) is 1.93. The van der Waals surface area contributed by atoms with Crippen molar-refractivity contribution in [2.45, 2.75) is 31.1 Å². The molecule has 0 radical (unpaired) electrons. The molecule has 0 saturated heterocycles. The molecule has 18 heavy (non-hydrogen) atoms. The molecule has 1 unspecified atom stereocenters. The third-order valence-electron chi connectivity index (χ3n) is 3.44. The lowest BCUT2D eigenvalue weighted by Gasteiger charge is -2.27. The monoisotopic (exact) mass is 258 g/mol. The molecule has 5 heteroatoms. The summed E-state index contributed by atoms with van der Waals surface area (Å²) in [5.41, 5.74) is 5.74. The van der Waals surface area contributed by atoms with Gasteiger partial charge in [-0.1, -0.05) is 12.1 Å². The Morgan fingerprint density at radius 2 is 2.06 bits per heavy atom. The average molecular weight is 258 g/mol. The van der Waals surface area contributed by atoms with Gasteiger partial charge < -0.3 is 5.73 Å². The molecule has 1 atom stereocenters. The minimum absolute atomic E-state index is 0.139. The molecule has 1 aromatic rings. The molecule has 2 rings (SSSR count). The van der Waals surface area contributed by atoms with Gasteiger partial charge in [-0.25, -0.2) is 0 Å². The van der Waals surface area contributed by atoms with Crippen molar-refractivity contribution in [3.05, 3.63) is 35.4 Å². The summed E-state index contributed by atoms with van der Waals surface area (Å²) in [6, 6.07) is 5.78. The van der Waals surface area contributed by atoms with E-state index in [1.807, 2.05) is 7.05 Å². The van der Waals surface area contributed by atoms with E-state index in [-0.39, 0.29) is 6.04 Å². The lowest BCUT2D eigenvalue weighted by atomic mass is 10.0. The predicted molar refractivity (Wildman–Crippen MR) is 64.0 cm³/mol. The summed E-state index contributed by atoms with van der Waals surface area (Å²) >= 11 is 0.